The third kappa shape index (κ3) is 2.97. The molecule has 1 fully saturated rings. The number of nitrogens with two attached hydrogens (primary N) is 1. The number of quaternary nitrogens is 1. The minimum absolute atomic E-state index is 0.0218. The van der Waals surface area contributed by atoms with Crippen LogP contribution in [0.1, 0.15) is 35.6 Å². The average molecular weight is 387 g/mol. The average Bonchev–Trinajstić information content (AvgIpc) is 3.04. The van der Waals surface area contributed by atoms with E-state index in [-0.39, 0.29) is 16.6 Å². The van der Waals surface area contributed by atoms with Crippen LogP contribution in [-0.2, 0) is 0 Å². The summed E-state index contributed by atoms with van der Waals surface area (Å²) < 4.78 is -0.0218. The first kappa shape index (κ1) is 18.1. The predicted molar refractivity (Wildman–Crippen MR) is 111 cm³/mol. The van der Waals surface area contributed by atoms with Gasteiger partial charge in [-0.3, -0.25) is 4.99 Å². The molecule has 2 aliphatic heterocycles. The number of aliphatic hydroxyl groups excluding tert-OH is 2. The van der Waals surface area contributed by atoms with Gasteiger partial charge in [-0.1, -0.05) is 42.5 Å². The van der Waals surface area contributed by atoms with E-state index < -0.39 is 6.10 Å². The molecule has 0 aromatic heterocycles. The monoisotopic (exact) mass is 387 g/mol. The van der Waals surface area contributed by atoms with Gasteiger partial charge >= 0.3 is 0 Å². The maximum Gasteiger partial charge on any atom is 0.264 e. The standard InChI is InChI=1S/C23H23N4O2/c24-27-11-10-25-14-20(27)21(18-12-19(28)13-18)26-23(27)17-8-6-16(7-9-17)22(29)15-4-2-1-3-5-15/h1-11,14,18-19,22,28-29H,12-13,24H2/q+1. The molecule has 6 nitrogen and oxygen atoms in total. The van der Waals surface area contributed by atoms with Crippen LogP contribution in [0, 0.1) is 5.92 Å². The van der Waals surface area contributed by atoms with E-state index in [1.54, 1.807) is 12.4 Å². The number of hydrogen-bond donors (Lipinski definition) is 3. The fraction of sp³-hybridized carbons (Fsp3) is 0.217. The molecule has 0 amide bonds. The summed E-state index contributed by atoms with van der Waals surface area (Å²) in [5.41, 5.74) is 4.32. The van der Waals surface area contributed by atoms with Crippen LogP contribution in [0.15, 0.2) is 88.4 Å². The van der Waals surface area contributed by atoms with Crippen molar-refractivity contribution < 1.29 is 14.8 Å². The first-order chi connectivity index (χ1) is 14.1. The van der Waals surface area contributed by atoms with E-state index in [4.69, 9.17) is 10.8 Å². The molecule has 0 saturated heterocycles. The first-order valence-corrected chi connectivity index (χ1v) is 9.80. The Morgan fingerprint density at radius 1 is 1.00 bits per heavy atom. The molecule has 2 heterocycles. The van der Waals surface area contributed by atoms with Crippen LogP contribution in [0.5, 0.6) is 0 Å². The number of hydrogen-bond acceptors (Lipinski definition) is 5. The minimum Gasteiger partial charge on any atom is -0.393 e. The van der Waals surface area contributed by atoms with Gasteiger partial charge in [-0.25, -0.2) is 0 Å². The van der Waals surface area contributed by atoms with Crippen molar-refractivity contribution in [1.29, 1.82) is 0 Å². The van der Waals surface area contributed by atoms with E-state index in [0.717, 1.165) is 33.9 Å². The van der Waals surface area contributed by atoms with Crippen LogP contribution in [0.3, 0.4) is 0 Å². The number of rotatable bonds is 4. The lowest BCUT2D eigenvalue weighted by molar-refractivity contribution is -0.750. The lowest BCUT2D eigenvalue weighted by Gasteiger charge is -2.31. The van der Waals surface area contributed by atoms with Crippen LogP contribution in [-0.4, -0.2) is 33.0 Å². The molecule has 4 N–H and O–H groups in total. The highest BCUT2D eigenvalue weighted by molar-refractivity contribution is 6.00. The zero-order chi connectivity index (χ0) is 20.0. The van der Waals surface area contributed by atoms with Crippen LogP contribution >= 0.6 is 0 Å². The predicted octanol–water partition coefficient (Wildman–Crippen LogP) is 2.76. The molecule has 5 rings (SSSR count). The SMILES string of the molecule is N[N+]12C=CN=CC1=C(C1CC(O)C1)N=C2c1ccc(C(O)c2ccccc2)cc1. The highest BCUT2D eigenvalue weighted by atomic mass is 16.3. The number of nitrogens with zero attached hydrogens (tertiary/aromatic N) is 3. The van der Waals surface area contributed by atoms with E-state index in [9.17, 15) is 10.2 Å². The van der Waals surface area contributed by atoms with Crippen LogP contribution in [0.2, 0.25) is 0 Å². The molecule has 3 aliphatic rings. The summed E-state index contributed by atoms with van der Waals surface area (Å²) in [6, 6.07) is 17.3. The van der Waals surface area contributed by atoms with Crippen molar-refractivity contribution in [2.45, 2.75) is 25.0 Å². The van der Waals surface area contributed by atoms with Crippen molar-refractivity contribution in [2.24, 2.45) is 21.7 Å². The molecule has 146 valence electrons. The van der Waals surface area contributed by atoms with Crippen molar-refractivity contribution in [3.63, 3.8) is 0 Å². The summed E-state index contributed by atoms with van der Waals surface area (Å²) in [5.74, 6) is 7.66. The summed E-state index contributed by atoms with van der Waals surface area (Å²) in [4.78, 5) is 9.14. The second-order valence-corrected chi connectivity index (χ2v) is 7.82. The van der Waals surface area contributed by atoms with E-state index >= 15 is 0 Å². The summed E-state index contributed by atoms with van der Waals surface area (Å²) >= 11 is 0. The Labute approximate surface area is 169 Å². The molecule has 2 aromatic carbocycles. The molecule has 0 radical (unpaired) electrons. The maximum absolute atomic E-state index is 10.6. The maximum atomic E-state index is 10.6. The van der Waals surface area contributed by atoms with E-state index in [0.29, 0.717) is 12.8 Å². The van der Waals surface area contributed by atoms with Crippen molar-refractivity contribution in [3.8, 4) is 0 Å². The topological polar surface area (TPSA) is 91.2 Å². The molecule has 0 spiro atoms. The fourth-order valence-electron chi connectivity index (χ4n) is 4.16. The summed E-state index contributed by atoms with van der Waals surface area (Å²) in [6.45, 7) is 0. The highest BCUT2D eigenvalue weighted by Gasteiger charge is 2.47. The van der Waals surface area contributed by atoms with Gasteiger partial charge in [0, 0.05) is 5.92 Å². The molecule has 0 bridgehead atoms. The van der Waals surface area contributed by atoms with Crippen LogP contribution < -0.4 is 5.84 Å². The number of fused-ring (bicyclic) bond motifs is 1. The molecule has 29 heavy (non-hydrogen) atoms. The van der Waals surface area contributed by atoms with Crippen molar-refractivity contribution >= 4 is 12.1 Å². The minimum atomic E-state index is -0.681. The number of amidine groups is 1. The normalized spacial score (nSPS) is 28.7. The summed E-state index contributed by atoms with van der Waals surface area (Å²) in [7, 11) is 0. The van der Waals surface area contributed by atoms with Gasteiger partial charge in [-0.2, -0.15) is 10.8 Å². The first-order valence-electron chi connectivity index (χ1n) is 9.80. The molecule has 2 unspecified atom stereocenters. The van der Waals surface area contributed by atoms with Gasteiger partial charge in [0.2, 0.25) is 5.70 Å². The fourth-order valence-corrected chi connectivity index (χ4v) is 4.16. The van der Waals surface area contributed by atoms with Gasteiger partial charge in [0.1, 0.15) is 18.0 Å². The Morgan fingerprint density at radius 3 is 2.38 bits per heavy atom. The van der Waals surface area contributed by atoms with Crippen molar-refractivity contribution in [1.82, 2.24) is 0 Å². The van der Waals surface area contributed by atoms with Crippen molar-refractivity contribution in [2.75, 3.05) is 0 Å². The van der Waals surface area contributed by atoms with E-state index in [1.807, 2.05) is 60.8 Å². The Balaban J connectivity index is 1.47. The quantitative estimate of drug-likeness (QED) is 0.556. The smallest absolute Gasteiger partial charge is 0.264 e. The Bertz CT molecular complexity index is 1050. The van der Waals surface area contributed by atoms with E-state index in [2.05, 4.69) is 4.99 Å². The van der Waals surface area contributed by atoms with Crippen LogP contribution in [0.4, 0.5) is 0 Å². The lowest BCUT2D eigenvalue weighted by atomic mass is 9.79. The number of allylic oxidation sites excluding steroid dienone is 2. The number of benzene rings is 2. The molecule has 2 aromatic rings. The van der Waals surface area contributed by atoms with Gasteiger partial charge in [0.05, 0.1) is 24.1 Å². The van der Waals surface area contributed by atoms with Gasteiger partial charge in [-0.05, 0) is 36.1 Å². The number of aliphatic hydroxyl groups is 2. The van der Waals surface area contributed by atoms with Crippen LogP contribution in [0.25, 0.3) is 0 Å². The summed E-state index contributed by atoms with van der Waals surface area (Å²) in [6.07, 6.45) is 5.74. The Morgan fingerprint density at radius 2 is 1.69 bits per heavy atom. The zero-order valence-corrected chi connectivity index (χ0v) is 15.9. The zero-order valence-electron chi connectivity index (χ0n) is 15.9. The van der Waals surface area contributed by atoms with Crippen molar-refractivity contribution in [3.05, 3.63) is 95.1 Å². The molecular formula is C23H23N4O2+. The van der Waals surface area contributed by atoms with Gasteiger partial charge in [0.25, 0.3) is 5.84 Å². The Kier molecular flexibility index (Phi) is 4.29. The third-order valence-corrected chi connectivity index (χ3v) is 5.92. The Hall–Kier alpha value is -2.90. The second-order valence-electron chi connectivity index (χ2n) is 7.82. The molecular weight excluding hydrogens is 364 g/mol. The van der Waals surface area contributed by atoms with E-state index in [1.165, 1.54) is 0 Å². The van der Waals surface area contributed by atoms with Gasteiger partial charge < -0.3 is 10.2 Å². The third-order valence-electron chi connectivity index (χ3n) is 5.92. The molecule has 1 aliphatic carbocycles. The highest BCUT2D eigenvalue weighted by Crippen LogP contribution is 2.42. The summed E-state index contributed by atoms with van der Waals surface area (Å²) in [5, 5.41) is 20.4. The number of aliphatic imine (C=N–C) groups is 2. The molecule has 6 heteroatoms. The molecule has 2 atom stereocenters. The van der Waals surface area contributed by atoms with Gasteiger partial charge in [0.15, 0.2) is 0 Å². The lowest BCUT2D eigenvalue weighted by Crippen LogP contribution is -2.53. The van der Waals surface area contributed by atoms with Gasteiger partial charge in [-0.15, -0.1) is 4.59 Å². The largest absolute Gasteiger partial charge is 0.393 e. The molecule has 1 saturated carbocycles. The second kappa shape index (κ2) is 6.86.